The van der Waals surface area contributed by atoms with Gasteiger partial charge >= 0.3 is 0 Å². The maximum atomic E-state index is 6.51. The Bertz CT molecular complexity index is 928. The maximum Gasteiger partial charge on any atom is 0.104 e. The molecule has 0 fully saturated rings. The van der Waals surface area contributed by atoms with Crippen LogP contribution < -0.4 is 22.9 Å². The van der Waals surface area contributed by atoms with E-state index in [-0.39, 0.29) is 74.3 Å². The number of hydrogen-bond acceptors (Lipinski definition) is 17. The van der Waals surface area contributed by atoms with Gasteiger partial charge in [-0.05, 0) is 103 Å². The van der Waals surface area contributed by atoms with Crippen molar-refractivity contribution in [3.63, 3.8) is 0 Å². The topological polar surface area (TPSA) is 224 Å². The van der Waals surface area contributed by atoms with Gasteiger partial charge in [0.15, 0.2) is 0 Å². The van der Waals surface area contributed by atoms with Crippen LogP contribution in [0.5, 0.6) is 0 Å². The van der Waals surface area contributed by atoms with Crippen molar-refractivity contribution < 1.29 is 61.6 Å². The van der Waals surface area contributed by atoms with Gasteiger partial charge < -0.3 is 84.5 Å². The summed E-state index contributed by atoms with van der Waals surface area (Å²) in [4.78, 5) is 0. The minimum absolute atomic E-state index is 0.0000811. The largest absolute Gasteiger partial charge is 0.376 e. The van der Waals surface area contributed by atoms with E-state index < -0.39 is 0 Å². The van der Waals surface area contributed by atoms with Gasteiger partial charge in [-0.1, -0.05) is 55.4 Å². The van der Waals surface area contributed by atoms with E-state index in [1.54, 1.807) is 0 Å². The molecule has 0 radical (unpaired) electrons. The molecule has 0 saturated carbocycles. The Morgan fingerprint density at radius 3 is 0.582 bits per heavy atom. The monoisotopic (exact) mass is 971 g/mol. The zero-order valence-corrected chi connectivity index (χ0v) is 44.0. The van der Waals surface area contributed by atoms with Crippen molar-refractivity contribution in [3.8, 4) is 0 Å². The SMILES string of the molecule is CCC(COCC(COCC(COCC(CC)OCC(CC)OCCCN)OCC(CC)OCC(CC)OCCCN)OCC(CC)OCC(CC)OCCCN)OCC(CC)OCCCN. The van der Waals surface area contributed by atoms with Crippen LogP contribution in [0.25, 0.3) is 0 Å². The molecule has 404 valence electrons. The molecule has 10 atom stereocenters. The second kappa shape index (κ2) is 48.9. The van der Waals surface area contributed by atoms with Crippen molar-refractivity contribution in [2.24, 2.45) is 22.9 Å². The van der Waals surface area contributed by atoms with Gasteiger partial charge in [-0.15, -0.1) is 0 Å². The minimum Gasteiger partial charge on any atom is -0.376 e. The standard InChI is InChI=1S/C50H106N4O13/c1-9-41(62-35-43(11-3)58-25-17-21-51)29-55-31-49(66-39-47(15-7)64-37-45(13-5)60-27-19-23-53)33-57-34-50(67-40-48(16-8)65-38-46(14-6)61-28-20-24-54)32-56-30-42(10-2)63-36-44(12-4)59-26-18-22-52/h41-50H,9-40,51-54H2,1-8H3. The van der Waals surface area contributed by atoms with E-state index in [1.807, 2.05) is 0 Å². The first-order valence-corrected chi connectivity index (χ1v) is 26.4. The third-order valence-electron chi connectivity index (χ3n) is 11.4. The fraction of sp³-hybridized carbons (Fsp3) is 1.00. The van der Waals surface area contributed by atoms with Crippen molar-refractivity contribution in [1.82, 2.24) is 0 Å². The molecule has 0 bridgehead atoms. The highest BCUT2D eigenvalue weighted by atomic mass is 16.6. The second-order valence-electron chi connectivity index (χ2n) is 17.2. The molecule has 0 aliphatic carbocycles. The van der Waals surface area contributed by atoms with E-state index in [1.165, 1.54) is 0 Å². The van der Waals surface area contributed by atoms with Crippen LogP contribution in [0.4, 0.5) is 0 Å². The molecule has 0 aliphatic heterocycles. The molecule has 10 unspecified atom stereocenters. The number of nitrogens with two attached hydrogens (primary N) is 4. The second-order valence-corrected chi connectivity index (χ2v) is 17.2. The number of rotatable bonds is 54. The third kappa shape index (κ3) is 37.7. The van der Waals surface area contributed by atoms with E-state index in [4.69, 9.17) is 84.5 Å². The fourth-order valence-corrected chi connectivity index (χ4v) is 6.35. The lowest BCUT2D eigenvalue weighted by molar-refractivity contribution is -0.138. The lowest BCUT2D eigenvalue weighted by atomic mass is 10.2. The lowest BCUT2D eigenvalue weighted by Crippen LogP contribution is -2.36. The van der Waals surface area contributed by atoms with Crippen LogP contribution in [0, 0.1) is 0 Å². The molecule has 0 rings (SSSR count). The zero-order valence-electron chi connectivity index (χ0n) is 44.0. The molecule has 17 nitrogen and oxygen atoms in total. The summed E-state index contributed by atoms with van der Waals surface area (Å²) in [5.74, 6) is 0. The van der Waals surface area contributed by atoms with Gasteiger partial charge in [-0.3, -0.25) is 0 Å². The Balaban J connectivity index is 5.89. The molecule has 0 aromatic carbocycles. The van der Waals surface area contributed by atoms with Crippen LogP contribution in [-0.4, -0.2) is 193 Å². The molecule has 0 aromatic rings. The summed E-state index contributed by atoms with van der Waals surface area (Å²) in [7, 11) is 0. The van der Waals surface area contributed by atoms with Crippen molar-refractivity contribution in [1.29, 1.82) is 0 Å². The molecule has 17 heteroatoms. The van der Waals surface area contributed by atoms with Crippen LogP contribution in [-0.2, 0) is 61.6 Å². The zero-order chi connectivity index (χ0) is 49.6. The predicted molar refractivity (Wildman–Crippen MR) is 267 cm³/mol. The normalized spacial score (nSPS) is 16.7. The van der Waals surface area contributed by atoms with Crippen molar-refractivity contribution in [2.45, 2.75) is 193 Å². The van der Waals surface area contributed by atoms with Crippen molar-refractivity contribution in [2.75, 3.05) is 132 Å². The van der Waals surface area contributed by atoms with Crippen LogP contribution >= 0.6 is 0 Å². The summed E-state index contributed by atoms with van der Waals surface area (Å²) in [5, 5.41) is 0. The van der Waals surface area contributed by atoms with E-state index in [9.17, 15) is 0 Å². The summed E-state index contributed by atoms with van der Waals surface area (Å²) >= 11 is 0. The molecule has 0 aromatic heterocycles. The van der Waals surface area contributed by atoms with Gasteiger partial charge in [0, 0.05) is 26.4 Å². The highest BCUT2D eigenvalue weighted by Gasteiger charge is 2.22. The van der Waals surface area contributed by atoms with Gasteiger partial charge in [0.05, 0.1) is 128 Å². The van der Waals surface area contributed by atoms with Crippen molar-refractivity contribution in [3.05, 3.63) is 0 Å². The van der Waals surface area contributed by atoms with Crippen LogP contribution in [0.15, 0.2) is 0 Å². The van der Waals surface area contributed by atoms with Crippen LogP contribution in [0.3, 0.4) is 0 Å². The first kappa shape index (κ1) is 66.3. The van der Waals surface area contributed by atoms with E-state index >= 15 is 0 Å². The Kier molecular flexibility index (Phi) is 48.4. The Hall–Kier alpha value is -0.680. The molecule has 67 heavy (non-hydrogen) atoms. The molecule has 0 heterocycles. The van der Waals surface area contributed by atoms with Gasteiger partial charge in [-0.2, -0.15) is 0 Å². The van der Waals surface area contributed by atoms with Gasteiger partial charge in [0.1, 0.15) is 12.2 Å². The van der Waals surface area contributed by atoms with Crippen LogP contribution in [0.1, 0.15) is 132 Å². The lowest BCUT2D eigenvalue weighted by Gasteiger charge is -2.27. The van der Waals surface area contributed by atoms with Gasteiger partial charge in [0.2, 0.25) is 0 Å². The predicted octanol–water partition coefficient (Wildman–Crippen LogP) is 5.56. The molecular formula is C50H106N4O13. The highest BCUT2D eigenvalue weighted by Crippen LogP contribution is 2.13. The average molecular weight is 971 g/mol. The Morgan fingerprint density at radius 2 is 0.388 bits per heavy atom. The van der Waals surface area contributed by atoms with Gasteiger partial charge in [0.25, 0.3) is 0 Å². The summed E-state index contributed by atoms with van der Waals surface area (Å²) in [6.45, 7) is 26.4. The Morgan fingerprint density at radius 1 is 0.224 bits per heavy atom. The molecular weight excluding hydrogens is 865 g/mol. The average Bonchev–Trinajstić information content (AvgIpc) is 3.35. The number of ether oxygens (including phenoxy) is 13. The molecule has 0 saturated heterocycles. The molecule has 0 amide bonds. The van der Waals surface area contributed by atoms with Crippen LogP contribution in [0.2, 0.25) is 0 Å². The quantitative estimate of drug-likeness (QED) is 0.0548. The maximum absolute atomic E-state index is 6.51. The molecule has 0 spiro atoms. The highest BCUT2D eigenvalue weighted by molar-refractivity contribution is 4.68. The summed E-state index contributed by atoms with van der Waals surface area (Å²) in [5.41, 5.74) is 22.7. The van der Waals surface area contributed by atoms with E-state index in [0.29, 0.717) is 119 Å². The smallest absolute Gasteiger partial charge is 0.104 e. The number of hydrogen-bond donors (Lipinski definition) is 4. The van der Waals surface area contributed by atoms with E-state index in [2.05, 4.69) is 55.4 Å². The molecule has 0 aliphatic rings. The van der Waals surface area contributed by atoms with E-state index in [0.717, 1.165) is 77.0 Å². The minimum atomic E-state index is -0.379. The molecule has 8 N–H and O–H groups in total. The summed E-state index contributed by atoms with van der Waals surface area (Å²) in [6, 6.07) is 0. The Labute approximate surface area is 408 Å². The summed E-state index contributed by atoms with van der Waals surface area (Å²) in [6.07, 6.45) is 8.70. The van der Waals surface area contributed by atoms with Crippen molar-refractivity contribution >= 4 is 0 Å². The van der Waals surface area contributed by atoms with Gasteiger partial charge in [-0.25, -0.2) is 0 Å². The first-order valence-electron chi connectivity index (χ1n) is 26.4. The third-order valence-corrected chi connectivity index (χ3v) is 11.4. The fourth-order valence-electron chi connectivity index (χ4n) is 6.35. The first-order chi connectivity index (χ1) is 32.7. The summed E-state index contributed by atoms with van der Waals surface area (Å²) < 4.78 is 81.0.